The largest absolute Gasteiger partial charge is 0.450 e. The zero-order valence-corrected chi connectivity index (χ0v) is 10.1. The zero-order valence-electron chi connectivity index (χ0n) is 10.1. The Morgan fingerprint density at radius 1 is 1.31 bits per heavy atom. The normalized spacial score (nSPS) is 13.9. The Balaban J connectivity index is 2.82. The van der Waals surface area contributed by atoms with Gasteiger partial charge >= 0.3 is 6.09 Å². The summed E-state index contributed by atoms with van der Waals surface area (Å²) in [7, 11) is 0. The van der Waals surface area contributed by atoms with Gasteiger partial charge in [0.05, 0.1) is 12.1 Å². The minimum atomic E-state index is -0.368. The smallest absolute Gasteiger partial charge is 0.407 e. The van der Waals surface area contributed by atoms with E-state index in [1.165, 1.54) is 0 Å². The first-order chi connectivity index (χ1) is 7.62. The summed E-state index contributed by atoms with van der Waals surface area (Å²) in [4.78, 5) is 11.5. The number of alkyl carbamates (subject to hydrolysis) is 1. The average Bonchev–Trinajstić information content (AvgIpc) is 2.30. The number of carbonyl (C=O) groups is 1. The van der Waals surface area contributed by atoms with E-state index >= 15 is 0 Å². The number of benzene rings is 1. The summed E-state index contributed by atoms with van der Waals surface area (Å²) in [6, 6.07) is 9.92. The Labute approximate surface area is 96.8 Å². The second-order valence-electron chi connectivity index (χ2n) is 3.90. The first kappa shape index (κ1) is 12.6. The highest BCUT2D eigenvalue weighted by atomic mass is 16.5. The number of carbonyl (C=O) groups excluding carboxylic acids is 1. The third-order valence-electron chi connectivity index (χ3n) is 2.77. The fourth-order valence-corrected chi connectivity index (χ4v) is 1.56. The Hall–Kier alpha value is -1.51. The summed E-state index contributed by atoms with van der Waals surface area (Å²) in [6.45, 7) is 6.23. The molecule has 3 heteroatoms. The van der Waals surface area contributed by atoms with E-state index < -0.39 is 0 Å². The Morgan fingerprint density at radius 3 is 2.44 bits per heavy atom. The molecule has 1 rings (SSSR count). The van der Waals surface area contributed by atoms with Crippen molar-refractivity contribution < 1.29 is 9.53 Å². The molecule has 1 amide bonds. The predicted octanol–water partition coefficient (Wildman–Crippen LogP) is 3.06. The standard InChI is InChI=1S/C13H19NO2/c1-4-13(3,14-12(15)16-5-2)11-9-7-6-8-10-11/h6-10H,4-5H2,1-3H3,(H,14,15)/t13-/m0/s1. The first-order valence-electron chi connectivity index (χ1n) is 5.63. The van der Waals surface area contributed by atoms with Crippen molar-refractivity contribution in [2.75, 3.05) is 6.61 Å². The van der Waals surface area contributed by atoms with Gasteiger partial charge in [0.15, 0.2) is 0 Å². The highest BCUT2D eigenvalue weighted by molar-refractivity contribution is 5.68. The van der Waals surface area contributed by atoms with Crippen molar-refractivity contribution in [2.24, 2.45) is 0 Å². The molecule has 1 aromatic rings. The molecule has 16 heavy (non-hydrogen) atoms. The lowest BCUT2D eigenvalue weighted by Gasteiger charge is -2.29. The van der Waals surface area contributed by atoms with Crippen LogP contribution in [0.2, 0.25) is 0 Å². The third-order valence-corrected chi connectivity index (χ3v) is 2.77. The third kappa shape index (κ3) is 2.99. The lowest BCUT2D eigenvalue weighted by molar-refractivity contribution is 0.138. The van der Waals surface area contributed by atoms with Crippen LogP contribution in [0.4, 0.5) is 4.79 Å². The van der Waals surface area contributed by atoms with Gasteiger partial charge in [-0.15, -0.1) is 0 Å². The van der Waals surface area contributed by atoms with Crippen LogP contribution >= 0.6 is 0 Å². The molecule has 0 unspecified atom stereocenters. The van der Waals surface area contributed by atoms with Gasteiger partial charge in [-0.3, -0.25) is 0 Å². The second kappa shape index (κ2) is 5.54. The van der Waals surface area contributed by atoms with Gasteiger partial charge in [-0.2, -0.15) is 0 Å². The number of ether oxygens (including phenoxy) is 1. The molecule has 0 aromatic heterocycles. The van der Waals surface area contributed by atoms with Crippen LogP contribution in [-0.2, 0) is 10.3 Å². The molecule has 0 aliphatic rings. The van der Waals surface area contributed by atoms with E-state index in [9.17, 15) is 4.79 Å². The van der Waals surface area contributed by atoms with Crippen LogP contribution in [0.3, 0.4) is 0 Å². The molecule has 1 atom stereocenters. The van der Waals surface area contributed by atoms with E-state index in [0.717, 1.165) is 12.0 Å². The molecular weight excluding hydrogens is 202 g/mol. The molecule has 0 aliphatic carbocycles. The molecule has 0 aliphatic heterocycles. The number of hydrogen-bond acceptors (Lipinski definition) is 2. The van der Waals surface area contributed by atoms with Crippen LogP contribution in [0.1, 0.15) is 32.8 Å². The number of hydrogen-bond donors (Lipinski definition) is 1. The van der Waals surface area contributed by atoms with E-state index in [0.29, 0.717) is 6.61 Å². The molecule has 1 aromatic carbocycles. The van der Waals surface area contributed by atoms with Crippen molar-refractivity contribution in [1.29, 1.82) is 0 Å². The molecule has 88 valence electrons. The van der Waals surface area contributed by atoms with Gasteiger partial charge in [-0.1, -0.05) is 37.3 Å². The maximum Gasteiger partial charge on any atom is 0.407 e. The average molecular weight is 221 g/mol. The van der Waals surface area contributed by atoms with E-state index in [4.69, 9.17) is 4.74 Å². The van der Waals surface area contributed by atoms with Crippen LogP contribution in [0.5, 0.6) is 0 Å². The molecule has 0 fully saturated rings. The predicted molar refractivity (Wildman–Crippen MR) is 64.2 cm³/mol. The molecule has 0 heterocycles. The van der Waals surface area contributed by atoms with E-state index in [-0.39, 0.29) is 11.6 Å². The molecule has 1 N–H and O–H groups in total. The topological polar surface area (TPSA) is 38.3 Å². The number of nitrogens with one attached hydrogen (secondary N) is 1. The van der Waals surface area contributed by atoms with Gasteiger partial charge < -0.3 is 10.1 Å². The maximum atomic E-state index is 11.5. The zero-order chi connectivity index (χ0) is 12.0. The molecule has 0 spiro atoms. The Kier molecular flexibility index (Phi) is 4.35. The van der Waals surface area contributed by atoms with Crippen LogP contribution in [-0.4, -0.2) is 12.7 Å². The van der Waals surface area contributed by atoms with Crippen LogP contribution in [0.25, 0.3) is 0 Å². The van der Waals surface area contributed by atoms with E-state index in [1.54, 1.807) is 6.92 Å². The van der Waals surface area contributed by atoms with Gasteiger partial charge in [0, 0.05) is 0 Å². The fourth-order valence-electron chi connectivity index (χ4n) is 1.56. The van der Waals surface area contributed by atoms with Crippen LogP contribution in [0, 0.1) is 0 Å². The highest BCUT2D eigenvalue weighted by Gasteiger charge is 2.26. The second-order valence-corrected chi connectivity index (χ2v) is 3.90. The van der Waals surface area contributed by atoms with Gasteiger partial charge in [0.2, 0.25) is 0 Å². The maximum absolute atomic E-state index is 11.5. The lowest BCUT2D eigenvalue weighted by atomic mass is 9.89. The van der Waals surface area contributed by atoms with Gasteiger partial charge in [-0.25, -0.2) is 4.79 Å². The molecule has 0 bridgehead atoms. The summed E-state index contributed by atoms with van der Waals surface area (Å²) in [6.07, 6.45) is 0.450. The molecule has 3 nitrogen and oxygen atoms in total. The molecule has 0 saturated carbocycles. The van der Waals surface area contributed by atoms with Crippen molar-refractivity contribution in [3.63, 3.8) is 0 Å². The molecule has 0 radical (unpaired) electrons. The van der Waals surface area contributed by atoms with Gasteiger partial charge in [-0.05, 0) is 25.8 Å². The molecule has 0 saturated heterocycles. The van der Waals surface area contributed by atoms with E-state index in [1.807, 2.05) is 44.2 Å². The number of rotatable bonds is 4. The monoisotopic (exact) mass is 221 g/mol. The Bertz CT molecular complexity index is 337. The summed E-state index contributed by atoms with van der Waals surface area (Å²) in [5.41, 5.74) is 0.721. The van der Waals surface area contributed by atoms with Crippen molar-refractivity contribution in [3.8, 4) is 0 Å². The minimum absolute atomic E-state index is 0.365. The number of amides is 1. The van der Waals surface area contributed by atoms with Crippen molar-refractivity contribution in [1.82, 2.24) is 5.32 Å². The SMILES string of the molecule is CCOC(=O)N[C@@](C)(CC)c1ccccc1. The lowest BCUT2D eigenvalue weighted by Crippen LogP contribution is -2.43. The van der Waals surface area contributed by atoms with Crippen LogP contribution in [0.15, 0.2) is 30.3 Å². The molecular formula is C13H19NO2. The fraction of sp³-hybridized carbons (Fsp3) is 0.462. The Morgan fingerprint density at radius 2 is 1.94 bits per heavy atom. The highest BCUT2D eigenvalue weighted by Crippen LogP contribution is 2.24. The van der Waals surface area contributed by atoms with Gasteiger partial charge in [0.1, 0.15) is 0 Å². The van der Waals surface area contributed by atoms with Crippen molar-refractivity contribution in [2.45, 2.75) is 32.7 Å². The quantitative estimate of drug-likeness (QED) is 0.848. The van der Waals surface area contributed by atoms with Gasteiger partial charge in [0.25, 0.3) is 0 Å². The van der Waals surface area contributed by atoms with E-state index in [2.05, 4.69) is 5.32 Å². The van der Waals surface area contributed by atoms with Crippen LogP contribution < -0.4 is 5.32 Å². The summed E-state index contributed by atoms with van der Waals surface area (Å²) in [5, 5.41) is 2.90. The summed E-state index contributed by atoms with van der Waals surface area (Å²) >= 11 is 0. The summed E-state index contributed by atoms with van der Waals surface area (Å²) < 4.78 is 4.91. The summed E-state index contributed by atoms with van der Waals surface area (Å²) in [5.74, 6) is 0. The minimum Gasteiger partial charge on any atom is -0.450 e. The first-order valence-corrected chi connectivity index (χ1v) is 5.63. The van der Waals surface area contributed by atoms with Crippen molar-refractivity contribution in [3.05, 3.63) is 35.9 Å². The van der Waals surface area contributed by atoms with Crippen molar-refractivity contribution >= 4 is 6.09 Å².